The summed E-state index contributed by atoms with van der Waals surface area (Å²) in [6, 6.07) is 6.45. The topological polar surface area (TPSA) is 52.0 Å². The second-order valence-electron chi connectivity index (χ2n) is 3.99. The molecule has 0 spiro atoms. The van der Waals surface area contributed by atoms with Gasteiger partial charge in [-0.05, 0) is 18.6 Å². The standard InChI is InChI=1S/C12H11FN2O/c13-8-4-2-1-3-7(8)12-11-9(14)5-6-10(11)16-15-12/h1-4,9H,5-6,14H2. The van der Waals surface area contributed by atoms with Crippen molar-refractivity contribution in [2.45, 2.75) is 18.9 Å². The van der Waals surface area contributed by atoms with Gasteiger partial charge in [0.15, 0.2) is 0 Å². The summed E-state index contributed by atoms with van der Waals surface area (Å²) in [6.45, 7) is 0. The molecule has 4 heteroatoms. The summed E-state index contributed by atoms with van der Waals surface area (Å²) in [7, 11) is 0. The molecule has 1 atom stereocenters. The van der Waals surface area contributed by atoms with E-state index in [-0.39, 0.29) is 11.9 Å². The quantitative estimate of drug-likeness (QED) is 0.799. The van der Waals surface area contributed by atoms with Gasteiger partial charge < -0.3 is 10.3 Å². The Morgan fingerprint density at radius 1 is 1.38 bits per heavy atom. The van der Waals surface area contributed by atoms with Gasteiger partial charge in [0.2, 0.25) is 0 Å². The van der Waals surface area contributed by atoms with Crippen LogP contribution in [0.4, 0.5) is 4.39 Å². The Balaban J connectivity index is 2.19. The van der Waals surface area contributed by atoms with E-state index in [0.29, 0.717) is 11.3 Å². The Morgan fingerprint density at radius 2 is 2.19 bits per heavy atom. The molecule has 82 valence electrons. The lowest BCUT2D eigenvalue weighted by Crippen LogP contribution is -2.06. The normalized spacial score (nSPS) is 18.8. The first-order valence-corrected chi connectivity index (χ1v) is 5.26. The van der Waals surface area contributed by atoms with E-state index in [2.05, 4.69) is 5.16 Å². The van der Waals surface area contributed by atoms with Gasteiger partial charge in [0.1, 0.15) is 17.3 Å². The summed E-state index contributed by atoms with van der Waals surface area (Å²) in [4.78, 5) is 0. The maximum atomic E-state index is 13.6. The second kappa shape index (κ2) is 3.42. The lowest BCUT2D eigenvalue weighted by molar-refractivity contribution is 0.387. The van der Waals surface area contributed by atoms with Crippen molar-refractivity contribution in [3.05, 3.63) is 41.4 Å². The number of aromatic nitrogens is 1. The highest BCUT2D eigenvalue weighted by Gasteiger charge is 2.29. The minimum atomic E-state index is -0.294. The number of benzene rings is 1. The molecule has 0 saturated carbocycles. The summed E-state index contributed by atoms with van der Waals surface area (Å²) in [5, 5.41) is 3.92. The van der Waals surface area contributed by atoms with Crippen molar-refractivity contribution in [2.24, 2.45) is 5.73 Å². The van der Waals surface area contributed by atoms with Gasteiger partial charge in [0.25, 0.3) is 0 Å². The minimum Gasteiger partial charge on any atom is -0.360 e. The molecule has 1 aliphatic carbocycles. The number of hydrogen-bond donors (Lipinski definition) is 1. The first-order valence-electron chi connectivity index (χ1n) is 5.26. The zero-order valence-corrected chi connectivity index (χ0v) is 8.61. The monoisotopic (exact) mass is 218 g/mol. The van der Waals surface area contributed by atoms with Gasteiger partial charge in [-0.15, -0.1) is 0 Å². The molecule has 16 heavy (non-hydrogen) atoms. The van der Waals surface area contributed by atoms with Gasteiger partial charge in [0, 0.05) is 23.6 Å². The zero-order valence-electron chi connectivity index (χ0n) is 8.61. The minimum absolute atomic E-state index is 0.0872. The van der Waals surface area contributed by atoms with Crippen molar-refractivity contribution < 1.29 is 8.91 Å². The van der Waals surface area contributed by atoms with E-state index in [1.807, 2.05) is 0 Å². The van der Waals surface area contributed by atoms with E-state index in [4.69, 9.17) is 10.3 Å². The fraction of sp³-hybridized carbons (Fsp3) is 0.250. The van der Waals surface area contributed by atoms with E-state index in [9.17, 15) is 4.39 Å². The third-order valence-corrected chi connectivity index (χ3v) is 2.98. The molecule has 1 heterocycles. The van der Waals surface area contributed by atoms with E-state index < -0.39 is 0 Å². The predicted octanol–water partition coefficient (Wildman–Crippen LogP) is 2.43. The van der Waals surface area contributed by atoms with Crippen LogP contribution in [0.1, 0.15) is 23.8 Å². The Bertz CT molecular complexity index is 536. The highest BCUT2D eigenvalue weighted by Crippen LogP contribution is 2.37. The number of halogens is 1. The van der Waals surface area contributed by atoms with Gasteiger partial charge in [-0.2, -0.15) is 0 Å². The molecule has 1 aromatic heterocycles. The Labute approximate surface area is 92.0 Å². The molecule has 0 aliphatic heterocycles. The van der Waals surface area contributed by atoms with Crippen molar-refractivity contribution in [3.8, 4) is 11.3 Å². The van der Waals surface area contributed by atoms with E-state index in [0.717, 1.165) is 24.2 Å². The summed E-state index contributed by atoms with van der Waals surface area (Å²) < 4.78 is 18.8. The van der Waals surface area contributed by atoms with Crippen LogP contribution < -0.4 is 5.73 Å². The van der Waals surface area contributed by atoms with Gasteiger partial charge >= 0.3 is 0 Å². The van der Waals surface area contributed by atoms with Crippen LogP contribution in [0.25, 0.3) is 11.3 Å². The molecular weight excluding hydrogens is 207 g/mol. The molecule has 3 nitrogen and oxygen atoms in total. The molecule has 1 aromatic carbocycles. The Morgan fingerprint density at radius 3 is 3.00 bits per heavy atom. The van der Waals surface area contributed by atoms with Gasteiger partial charge in [-0.1, -0.05) is 17.3 Å². The number of nitrogens with two attached hydrogens (primary N) is 1. The smallest absolute Gasteiger partial charge is 0.142 e. The summed E-state index contributed by atoms with van der Waals surface area (Å²) in [6.07, 6.45) is 1.64. The van der Waals surface area contributed by atoms with Crippen LogP contribution in [0, 0.1) is 5.82 Å². The lowest BCUT2D eigenvalue weighted by atomic mass is 10.0. The largest absolute Gasteiger partial charge is 0.360 e. The number of aryl methyl sites for hydroxylation is 1. The summed E-state index contributed by atoms with van der Waals surface area (Å²) in [5.74, 6) is 0.503. The SMILES string of the molecule is NC1CCc2onc(-c3ccccc3F)c21. The third kappa shape index (κ3) is 1.27. The van der Waals surface area contributed by atoms with Crippen LogP contribution in [0.5, 0.6) is 0 Å². The van der Waals surface area contributed by atoms with E-state index in [1.165, 1.54) is 6.07 Å². The molecule has 2 N–H and O–H groups in total. The Kier molecular flexibility index (Phi) is 2.04. The van der Waals surface area contributed by atoms with Gasteiger partial charge in [-0.25, -0.2) is 4.39 Å². The number of nitrogens with zero attached hydrogens (tertiary/aromatic N) is 1. The molecule has 0 radical (unpaired) electrons. The van der Waals surface area contributed by atoms with Crippen molar-refractivity contribution in [3.63, 3.8) is 0 Å². The lowest BCUT2D eigenvalue weighted by Gasteiger charge is -2.04. The highest BCUT2D eigenvalue weighted by molar-refractivity contribution is 5.65. The van der Waals surface area contributed by atoms with Crippen molar-refractivity contribution in [1.82, 2.24) is 5.16 Å². The van der Waals surface area contributed by atoms with Crippen LogP contribution in [-0.2, 0) is 6.42 Å². The molecule has 1 unspecified atom stereocenters. The van der Waals surface area contributed by atoms with Crippen molar-refractivity contribution in [2.75, 3.05) is 0 Å². The molecule has 2 aromatic rings. The molecule has 0 fully saturated rings. The van der Waals surface area contributed by atoms with Crippen LogP contribution in [-0.4, -0.2) is 5.16 Å². The molecule has 0 bridgehead atoms. The van der Waals surface area contributed by atoms with Gasteiger partial charge in [0.05, 0.1) is 0 Å². The highest BCUT2D eigenvalue weighted by atomic mass is 19.1. The van der Waals surface area contributed by atoms with E-state index >= 15 is 0 Å². The zero-order chi connectivity index (χ0) is 11.1. The van der Waals surface area contributed by atoms with Crippen molar-refractivity contribution >= 4 is 0 Å². The average molecular weight is 218 g/mol. The molecule has 0 amide bonds. The number of fused-ring (bicyclic) bond motifs is 1. The predicted molar refractivity (Wildman–Crippen MR) is 57.1 cm³/mol. The van der Waals surface area contributed by atoms with Crippen LogP contribution in [0.15, 0.2) is 28.8 Å². The maximum absolute atomic E-state index is 13.6. The van der Waals surface area contributed by atoms with E-state index in [1.54, 1.807) is 18.2 Å². The molecule has 1 aliphatic rings. The second-order valence-corrected chi connectivity index (χ2v) is 3.99. The first-order chi connectivity index (χ1) is 7.77. The van der Waals surface area contributed by atoms with Crippen LogP contribution in [0.3, 0.4) is 0 Å². The fourth-order valence-corrected chi connectivity index (χ4v) is 2.17. The first kappa shape index (κ1) is 9.54. The molecule has 3 rings (SSSR count). The summed E-state index contributed by atoms with van der Waals surface area (Å²) >= 11 is 0. The number of hydrogen-bond acceptors (Lipinski definition) is 3. The average Bonchev–Trinajstić information content (AvgIpc) is 2.83. The maximum Gasteiger partial charge on any atom is 0.142 e. The van der Waals surface area contributed by atoms with Crippen LogP contribution in [0.2, 0.25) is 0 Å². The number of rotatable bonds is 1. The Hall–Kier alpha value is -1.68. The molecular formula is C12H11FN2O. The van der Waals surface area contributed by atoms with Crippen LogP contribution >= 0.6 is 0 Å². The molecule has 0 saturated heterocycles. The summed E-state index contributed by atoms with van der Waals surface area (Å²) in [5.41, 5.74) is 7.84. The fourth-order valence-electron chi connectivity index (χ4n) is 2.17. The third-order valence-electron chi connectivity index (χ3n) is 2.98. The van der Waals surface area contributed by atoms with Gasteiger partial charge in [-0.3, -0.25) is 0 Å². The van der Waals surface area contributed by atoms with Crippen molar-refractivity contribution in [1.29, 1.82) is 0 Å².